The predicted octanol–water partition coefficient (Wildman–Crippen LogP) is 6.07. The maximum absolute atomic E-state index is 12.2. The van der Waals surface area contributed by atoms with Gasteiger partial charge < -0.3 is 14.8 Å². The smallest absolute Gasteiger partial charge is 0.257 e. The molecule has 5 heteroatoms. The quantitative estimate of drug-likeness (QED) is 0.233. The first kappa shape index (κ1) is 28.7. The Hall–Kier alpha value is -2.56. The van der Waals surface area contributed by atoms with Gasteiger partial charge >= 0.3 is 0 Å². The number of aryl methyl sites for hydroxylation is 1. The summed E-state index contributed by atoms with van der Waals surface area (Å²) in [6.45, 7) is 10.1. The normalized spacial score (nSPS) is 11.3. The molecule has 0 bridgehead atoms. The highest BCUT2D eigenvalue weighted by Crippen LogP contribution is 2.34. The number of hydrogen-bond acceptors (Lipinski definition) is 3. The third-order valence-electron chi connectivity index (χ3n) is 6.17. The molecule has 1 aromatic carbocycles. The first-order valence-electron chi connectivity index (χ1n) is 13.4. The van der Waals surface area contributed by atoms with E-state index in [0.717, 1.165) is 30.8 Å². The van der Waals surface area contributed by atoms with Crippen molar-refractivity contribution in [3.05, 3.63) is 53.9 Å². The average Bonchev–Trinajstić information content (AvgIpc) is 2.82. The van der Waals surface area contributed by atoms with E-state index in [0.29, 0.717) is 12.3 Å². The van der Waals surface area contributed by atoms with Gasteiger partial charge in [0.1, 0.15) is 18.5 Å². The zero-order chi connectivity index (χ0) is 25.5. The summed E-state index contributed by atoms with van der Waals surface area (Å²) in [6, 6.07) is 10.0. The third-order valence-corrected chi connectivity index (χ3v) is 6.17. The molecule has 1 N–H and O–H groups in total. The molecule has 2 aromatic rings. The summed E-state index contributed by atoms with van der Waals surface area (Å²) in [5.41, 5.74) is 2.22. The van der Waals surface area contributed by atoms with Crippen LogP contribution in [-0.2, 0) is 23.7 Å². The Balaban J connectivity index is 1.75. The van der Waals surface area contributed by atoms with Gasteiger partial charge in [-0.25, -0.2) is 4.57 Å². The molecular weight excluding hydrogens is 436 g/mol. The molecule has 35 heavy (non-hydrogen) atoms. The summed E-state index contributed by atoms with van der Waals surface area (Å²) < 4.78 is 14.0. The molecule has 0 fully saturated rings. The highest BCUT2D eigenvalue weighted by Gasteiger charge is 2.20. The van der Waals surface area contributed by atoms with Crippen LogP contribution in [0.15, 0.2) is 42.7 Å². The molecule has 0 unspecified atom stereocenters. The standard InChI is InChI=1S/C30H46N2O3/c1-6-7-8-9-10-11-12-13-22-34-28-15-14-26(23-27(28)30(2,3)4)35-24-29(33)31-19-16-25-17-20-32(5)21-18-25/h14-15,17-18,20-21,23H,6-13,16,19,22,24H2,1-5H3/p+1. The minimum atomic E-state index is -0.112. The van der Waals surface area contributed by atoms with Gasteiger partial charge in [-0.3, -0.25) is 4.79 Å². The largest absolute Gasteiger partial charge is 0.493 e. The number of carbonyl (C=O) groups excluding carboxylic acids is 1. The number of pyridine rings is 1. The lowest BCUT2D eigenvalue weighted by Gasteiger charge is -2.24. The molecular formula is C30H47N2O3+. The molecule has 1 heterocycles. The first-order chi connectivity index (χ1) is 16.8. The summed E-state index contributed by atoms with van der Waals surface area (Å²) in [7, 11) is 1.99. The Morgan fingerprint density at radius 3 is 2.23 bits per heavy atom. The van der Waals surface area contributed by atoms with Gasteiger partial charge in [-0.1, -0.05) is 72.6 Å². The van der Waals surface area contributed by atoms with Gasteiger partial charge in [0, 0.05) is 24.2 Å². The number of amides is 1. The summed E-state index contributed by atoms with van der Waals surface area (Å²) in [4.78, 5) is 12.2. The highest BCUT2D eigenvalue weighted by atomic mass is 16.5. The van der Waals surface area contributed by atoms with Gasteiger partial charge in [-0.2, -0.15) is 0 Å². The van der Waals surface area contributed by atoms with E-state index in [9.17, 15) is 4.79 Å². The SMILES string of the molecule is CCCCCCCCCCOc1ccc(OCC(=O)NCCc2cc[n+](C)cc2)cc1C(C)(C)C. The van der Waals surface area contributed by atoms with E-state index in [1.807, 2.05) is 42.2 Å². The van der Waals surface area contributed by atoms with Crippen LogP contribution in [0.5, 0.6) is 11.5 Å². The lowest BCUT2D eigenvalue weighted by atomic mass is 9.86. The molecule has 0 spiro atoms. The van der Waals surface area contributed by atoms with Crippen LogP contribution < -0.4 is 19.4 Å². The molecule has 5 nitrogen and oxygen atoms in total. The van der Waals surface area contributed by atoms with Crippen molar-refractivity contribution in [3.8, 4) is 11.5 Å². The Morgan fingerprint density at radius 2 is 1.57 bits per heavy atom. The molecule has 0 aliphatic heterocycles. The van der Waals surface area contributed by atoms with Gasteiger partial charge in [-0.15, -0.1) is 0 Å². The van der Waals surface area contributed by atoms with Crippen molar-refractivity contribution in [2.24, 2.45) is 7.05 Å². The molecule has 1 amide bonds. The minimum absolute atomic E-state index is 0.00575. The van der Waals surface area contributed by atoms with Crippen LogP contribution in [0.1, 0.15) is 90.2 Å². The lowest BCUT2D eigenvalue weighted by molar-refractivity contribution is -0.671. The van der Waals surface area contributed by atoms with Gasteiger partial charge in [0.05, 0.1) is 6.61 Å². The Morgan fingerprint density at radius 1 is 0.914 bits per heavy atom. The number of benzene rings is 1. The number of nitrogens with zero attached hydrogens (tertiary/aromatic N) is 1. The number of aromatic nitrogens is 1. The molecule has 0 radical (unpaired) electrons. The van der Waals surface area contributed by atoms with Gasteiger partial charge in [0.15, 0.2) is 19.0 Å². The van der Waals surface area contributed by atoms with E-state index in [4.69, 9.17) is 9.47 Å². The average molecular weight is 484 g/mol. The second-order valence-corrected chi connectivity index (χ2v) is 10.5. The van der Waals surface area contributed by atoms with Crippen molar-refractivity contribution in [1.82, 2.24) is 5.32 Å². The fraction of sp³-hybridized carbons (Fsp3) is 0.600. The summed E-state index contributed by atoms with van der Waals surface area (Å²) in [5.74, 6) is 1.49. The number of hydrogen-bond donors (Lipinski definition) is 1. The summed E-state index contributed by atoms with van der Waals surface area (Å²) >= 11 is 0. The molecule has 0 saturated carbocycles. The topological polar surface area (TPSA) is 51.4 Å². The van der Waals surface area contributed by atoms with E-state index < -0.39 is 0 Å². The van der Waals surface area contributed by atoms with Crippen LogP contribution in [0.2, 0.25) is 0 Å². The van der Waals surface area contributed by atoms with E-state index in [2.05, 4.69) is 45.1 Å². The summed E-state index contributed by atoms with van der Waals surface area (Å²) in [6.07, 6.45) is 15.1. The number of rotatable bonds is 16. The van der Waals surface area contributed by atoms with E-state index in [1.54, 1.807) is 0 Å². The zero-order valence-electron chi connectivity index (χ0n) is 22.7. The van der Waals surface area contributed by atoms with Crippen LogP contribution in [0.4, 0.5) is 0 Å². The van der Waals surface area contributed by atoms with Gasteiger partial charge in [0.2, 0.25) is 0 Å². The fourth-order valence-corrected chi connectivity index (χ4v) is 3.97. The third kappa shape index (κ3) is 11.6. The minimum Gasteiger partial charge on any atom is -0.493 e. The van der Waals surface area contributed by atoms with Crippen LogP contribution in [0, 0.1) is 0 Å². The van der Waals surface area contributed by atoms with Crippen molar-refractivity contribution in [2.75, 3.05) is 19.8 Å². The van der Waals surface area contributed by atoms with Crippen LogP contribution in [0.3, 0.4) is 0 Å². The Kier molecular flexibility index (Phi) is 12.6. The number of unbranched alkanes of at least 4 members (excludes halogenated alkanes) is 7. The molecule has 0 aliphatic rings. The van der Waals surface area contributed by atoms with E-state index >= 15 is 0 Å². The number of nitrogens with one attached hydrogen (secondary N) is 1. The van der Waals surface area contributed by atoms with Crippen molar-refractivity contribution < 1.29 is 18.8 Å². The fourth-order valence-electron chi connectivity index (χ4n) is 3.97. The van der Waals surface area contributed by atoms with Crippen LogP contribution >= 0.6 is 0 Å². The monoisotopic (exact) mass is 483 g/mol. The molecule has 2 rings (SSSR count). The maximum Gasteiger partial charge on any atom is 0.257 e. The Bertz CT molecular complexity index is 872. The van der Waals surface area contributed by atoms with Crippen LogP contribution in [0.25, 0.3) is 0 Å². The van der Waals surface area contributed by atoms with Crippen molar-refractivity contribution in [1.29, 1.82) is 0 Å². The molecule has 194 valence electrons. The number of ether oxygens (including phenoxy) is 2. The predicted molar refractivity (Wildman–Crippen MR) is 143 cm³/mol. The van der Waals surface area contributed by atoms with Crippen molar-refractivity contribution in [2.45, 2.75) is 90.9 Å². The first-order valence-corrected chi connectivity index (χ1v) is 13.4. The van der Waals surface area contributed by atoms with Crippen LogP contribution in [-0.4, -0.2) is 25.7 Å². The second-order valence-electron chi connectivity index (χ2n) is 10.5. The lowest BCUT2D eigenvalue weighted by Crippen LogP contribution is -2.31. The van der Waals surface area contributed by atoms with Gasteiger partial charge in [0.25, 0.3) is 5.91 Å². The zero-order valence-corrected chi connectivity index (χ0v) is 22.7. The molecule has 0 aliphatic carbocycles. The highest BCUT2D eigenvalue weighted by molar-refractivity contribution is 5.77. The van der Waals surface area contributed by atoms with Gasteiger partial charge in [-0.05, 0) is 42.0 Å². The second kappa shape index (κ2) is 15.4. The molecule has 0 saturated heterocycles. The summed E-state index contributed by atoms with van der Waals surface area (Å²) in [5, 5.41) is 2.94. The Labute approximate surface area is 213 Å². The van der Waals surface area contributed by atoms with Crippen molar-refractivity contribution >= 4 is 5.91 Å². The van der Waals surface area contributed by atoms with E-state index in [-0.39, 0.29) is 17.9 Å². The molecule has 0 atom stereocenters. The molecule has 1 aromatic heterocycles. The van der Waals surface area contributed by atoms with Crippen molar-refractivity contribution in [3.63, 3.8) is 0 Å². The number of carbonyl (C=O) groups is 1. The maximum atomic E-state index is 12.2. The van der Waals surface area contributed by atoms with E-state index in [1.165, 1.54) is 50.5 Å².